The van der Waals surface area contributed by atoms with Crippen molar-refractivity contribution in [3.63, 3.8) is 0 Å². The van der Waals surface area contributed by atoms with Crippen LogP contribution in [0.25, 0.3) is 0 Å². The number of nitrogens with zero attached hydrogens (tertiary/aromatic N) is 5. The molecule has 1 N–H and O–H groups in total. The lowest BCUT2D eigenvalue weighted by Gasteiger charge is -2.36. The number of anilines is 2. The summed E-state index contributed by atoms with van der Waals surface area (Å²) in [6.07, 6.45) is 0.782. The zero-order chi connectivity index (χ0) is 23.2. The molecule has 1 aliphatic rings. The maximum absolute atomic E-state index is 13.1. The van der Waals surface area contributed by atoms with Gasteiger partial charge < -0.3 is 19.6 Å². The van der Waals surface area contributed by atoms with Crippen molar-refractivity contribution < 1.29 is 14.1 Å². The Morgan fingerprint density at radius 3 is 2.61 bits per heavy atom. The molecule has 33 heavy (non-hydrogen) atoms. The molecule has 3 heterocycles. The number of hydrogen-bond acceptors (Lipinski definition) is 9. The van der Waals surface area contributed by atoms with Gasteiger partial charge in [0.15, 0.2) is 10.2 Å². The predicted molar refractivity (Wildman–Crippen MR) is 129 cm³/mol. The Hall–Kier alpha value is -2.92. The van der Waals surface area contributed by atoms with Gasteiger partial charge in [0, 0.05) is 32.2 Å². The van der Waals surface area contributed by atoms with Gasteiger partial charge in [-0.2, -0.15) is 0 Å². The van der Waals surface area contributed by atoms with E-state index in [0.717, 1.165) is 21.5 Å². The number of carbonyl (C=O) groups excluding carboxylic acids is 2. The zero-order valence-corrected chi connectivity index (χ0v) is 20.2. The van der Waals surface area contributed by atoms with E-state index < -0.39 is 0 Å². The van der Waals surface area contributed by atoms with Crippen LogP contribution in [0.15, 0.2) is 45.3 Å². The molecule has 3 aromatic rings. The van der Waals surface area contributed by atoms with E-state index in [4.69, 9.17) is 4.52 Å². The van der Waals surface area contributed by atoms with Crippen molar-refractivity contribution in [1.82, 2.24) is 20.3 Å². The minimum Gasteiger partial charge on any atom is -0.360 e. The monoisotopic (exact) mass is 486 g/mol. The number of aromatic nitrogens is 3. The largest absolute Gasteiger partial charge is 0.360 e. The van der Waals surface area contributed by atoms with E-state index in [2.05, 4.69) is 32.5 Å². The molecule has 0 bridgehead atoms. The molecule has 0 radical (unpaired) electrons. The molecule has 1 saturated heterocycles. The molecule has 1 aliphatic heterocycles. The molecule has 2 amide bonds. The Bertz CT molecular complexity index is 1080. The lowest BCUT2D eigenvalue weighted by molar-refractivity contribution is -0.133. The van der Waals surface area contributed by atoms with Gasteiger partial charge in [0.25, 0.3) is 0 Å². The topological polar surface area (TPSA) is 104 Å². The van der Waals surface area contributed by atoms with Crippen molar-refractivity contribution in [2.45, 2.75) is 30.5 Å². The van der Waals surface area contributed by atoms with Gasteiger partial charge in [0.2, 0.25) is 16.9 Å². The molecule has 1 fully saturated rings. The SMILES string of the molecule is CCC(C(=O)N1CCN(c2nnc(SCC(=O)Nc3cc(C)on3)s2)CC1)c1ccccc1. The lowest BCUT2D eigenvalue weighted by atomic mass is 9.95. The standard InChI is InChI=1S/C22H26N6O3S2/c1-3-17(16-7-5-4-6-8-16)20(30)27-9-11-28(12-10-27)21-24-25-22(33-21)32-14-19(29)23-18-13-15(2)31-26-18/h4-8,13,17H,3,9-12,14H2,1-2H3,(H,23,26,29). The van der Waals surface area contributed by atoms with Gasteiger partial charge in [-0.05, 0) is 18.9 Å². The Morgan fingerprint density at radius 2 is 1.94 bits per heavy atom. The van der Waals surface area contributed by atoms with E-state index in [1.807, 2.05) is 35.2 Å². The molecule has 1 unspecified atom stereocenters. The summed E-state index contributed by atoms with van der Waals surface area (Å²) < 4.78 is 5.67. The number of amides is 2. The van der Waals surface area contributed by atoms with E-state index in [0.29, 0.717) is 37.8 Å². The smallest absolute Gasteiger partial charge is 0.236 e. The van der Waals surface area contributed by atoms with E-state index in [1.54, 1.807) is 13.0 Å². The van der Waals surface area contributed by atoms with Crippen LogP contribution < -0.4 is 10.2 Å². The fourth-order valence-electron chi connectivity index (χ4n) is 3.70. The second-order valence-corrected chi connectivity index (χ2v) is 9.87. The van der Waals surface area contributed by atoms with Crippen LogP contribution in [0.4, 0.5) is 10.9 Å². The highest BCUT2D eigenvalue weighted by Crippen LogP contribution is 2.29. The first-order valence-electron chi connectivity index (χ1n) is 10.8. The fourth-order valence-corrected chi connectivity index (χ4v) is 5.39. The summed E-state index contributed by atoms with van der Waals surface area (Å²) in [5, 5.41) is 15.7. The van der Waals surface area contributed by atoms with Crippen molar-refractivity contribution in [1.29, 1.82) is 0 Å². The summed E-state index contributed by atoms with van der Waals surface area (Å²) in [7, 11) is 0. The van der Waals surface area contributed by atoms with Crippen LogP contribution in [0, 0.1) is 6.92 Å². The summed E-state index contributed by atoms with van der Waals surface area (Å²) in [5.41, 5.74) is 1.07. The maximum Gasteiger partial charge on any atom is 0.236 e. The summed E-state index contributed by atoms with van der Waals surface area (Å²) in [5.74, 6) is 1.15. The van der Waals surface area contributed by atoms with E-state index >= 15 is 0 Å². The molecule has 0 spiro atoms. The average Bonchev–Trinajstić information content (AvgIpc) is 3.48. The van der Waals surface area contributed by atoms with Gasteiger partial charge in [-0.15, -0.1) is 10.2 Å². The molecule has 4 rings (SSSR count). The number of carbonyl (C=O) groups is 2. The first-order valence-corrected chi connectivity index (χ1v) is 12.6. The van der Waals surface area contributed by atoms with Gasteiger partial charge in [-0.25, -0.2) is 0 Å². The van der Waals surface area contributed by atoms with Crippen LogP contribution >= 0.6 is 23.1 Å². The second-order valence-electron chi connectivity index (χ2n) is 7.69. The quantitative estimate of drug-likeness (QED) is 0.483. The van der Waals surface area contributed by atoms with Crippen LogP contribution in [-0.4, -0.2) is 64.0 Å². The van der Waals surface area contributed by atoms with Crippen LogP contribution in [0.5, 0.6) is 0 Å². The number of nitrogens with one attached hydrogen (secondary N) is 1. The third kappa shape index (κ3) is 5.91. The summed E-state index contributed by atoms with van der Waals surface area (Å²) >= 11 is 2.79. The Kier molecular flexibility index (Phi) is 7.61. The van der Waals surface area contributed by atoms with Crippen molar-refractivity contribution >= 4 is 45.9 Å². The first kappa shape index (κ1) is 23.2. The fraction of sp³-hybridized carbons (Fsp3) is 0.409. The van der Waals surface area contributed by atoms with Crippen LogP contribution in [-0.2, 0) is 9.59 Å². The first-order chi connectivity index (χ1) is 16.0. The summed E-state index contributed by atoms with van der Waals surface area (Å²) in [4.78, 5) is 29.3. The number of thioether (sulfide) groups is 1. The van der Waals surface area contributed by atoms with Crippen LogP contribution in [0.1, 0.15) is 30.6 Å². The number of rotatable bonds is 8. The second kappa shape index (κ2) is 10.8. The lowest BCUT2D eigenvalue weighted by Crippen LogP contribution is -2.50. The Labute approximate surface area is 200 Å². The molecule has 0 saturated carbocycles. The van der Waals surface area contributed by atoms with E-state index in [1.165, 1.54) is 23.1 Å². The van der Waals surface area contributed by atoms with Crippen LogP contribution in [0.2, 0.25) is 0 Å². The third-order valence-electron chi connectivity index (χ3n) is 5.39. The summed E-state index contributed by atoms with van der Waals surface area (Å²) in [6, 6.07) is 11.6. The molecule has 1 aromatic carbocycles. The molecular weight excluding hydrogens is 460 g/mol. The number of aryl methyl sites for hydroxylation is 1. The van der Waals surface area contributed by atoms with Gasteiger partial charge in [-0.1, -0.05) is 65.5 Å². The van der Waals surface area contributed by atoms with Gasteiger partial charge in [-0.3, -0.25) is 9.59 Å². The molecule has 9 nitrogen and oxygen atoms in total. The molecule has 1 atom stereocenters. The van der Waals surface area contributed by atoms with Crippen molar-refractivity contribution in [2.24, 2.45) is 0 Å². The third-order valence-corrected chi connectivity index (χ3v) is 7.51. The minimum atomic E-state index is -0.180. The van der Waals surface area contributed by atoms with Gasteiger partial charge in [0.05, 0.1) is 11.7 Å². The number of piperazine rings is 1. The highest BCUT2D eigenvalue weighted by molar-refractivity contribution is 8.01. The number of hydrogen-bond donors (Lipinski definition) is 1. The average molecular weight is 487 g/mol. The zero-order valence-electron chi connectivity index (χ0n) is 18.6. The maximum atomic E-state index is 13.1. The Balaban J connectivity index is 1.26. The minimum absolute atomic E-state index is 0.102. The molecule has 11 heteroatoms. The van der Waals surface area contributed by atoms with Crippen molar-refractivity contribution in [3.05, 3.63) is 47.7 Å². The predicted octanol–water partition coefficient (Wildman–Crippen LogP) is 3.41. The van der Waals surface area contributed by atoms with Crippen molar-refractivity contribution in [3.8, 4) is 0 Å². The van der Waals surface area contributed by atoms with Crippen molar-refractivity contribution in [2.75, 3.05) is 42.1 Å². The van der Waals surface area contributed by atoms with Crippen LogP contribution in [0.3, 0.4) is 0 Å². The molecular formula is C22H26N6O3S2. The number of benzene rings is 1. The molecule has 0 aliphatic carbocycles. The highest BCUT2D eigenvalue weighted by atomic mass is 32.2. The molecule has 2 aromatic heterocycles. The van der Waals surface area contributed by atoms with Gasteiger partial charge in [0.1, 0.15) is 5.76 Å². The van der Waals surface area contributed by atoms with E-state index in [-0.39, 0.29) is 23.5 Å². The Morgan fingerprint density at radius 1 is 1.18 bits per heavy atom. The normalized spacial score (nSPS) is 14.8. The van der Waals surface area contributed by atoms with Gasteiger partial charge >= 0.3 is 0 Å². The molecule has 174 valence electrons. The van der Waals surface area contributed by atoms with E-state index in [9.17, 15) is 9.59 Å². The summed E-state index contributed by atoms with van der Waals surface area (Å²) in [6.45, 7) is 6.55. The highest BCUT2D eigenvalue weighted by Gasteiger charge is 2.28.